The van der Waals surface area contributed by atoms with E-state index < -0.39 is 0 Å². The fourth-order valence-corrected chi connectivity index (χ4v) is 2.44. The quantitative estimate of drug-likeness (QED) is 0.868. The molecule has 0 saturated carbocycles. The summed E-state index contributed by atoms with van der Waals surface area (Å²) >= 11 is 3.41. The van der Waals surface area contributed by atoms with Crippen molar-refractivity contribution in [3.8, 4) is 0 Å². The number of halogens is 1. The van der Waals surface area contributed by atoms with Crippen molar-refractivity contribution in [2.24, 2.45) is 0 Å². The number of benzene rings is 1. The third-order valence-electron chi connectivity index (χ3n) is 2.90. The first-order valence-electron chi connectivity index (χ1n) is 5.54. The number of nitrogen functional groups attached to an aromatic ring is 1. The van der Waals surface area contributed by atoms with Gasteiger partial charge in [0.25, 0.3) is 0 Å². The van der Waals surface area contributed by atoms with E-state index in [4.69, 9.17) is 10.5 Å². The molecular weight excluding hydrogens is 268 g/mol. The van der Waals surface area contributed by atoms with E-state index in [0.29, 0.717) is 6.10 Å². The van der Waals surface area contributed by atoms with Gasteiger partial charge in [0.05, 0.1) is 17.5 Å². The van der Waals surface area contributed by atoms with Crippen LogP contribution < -0.4 is 10.6 Å². The lowest BCUT2D eigenvalue weighted by atomic mass is 10.2. The molecule has 0 spiro atoms. The van der Waals surface area contributed by atoms with Gasteiger partial charge in [0, 0.05) is 24.7 Å². The summed E-state index contributed by atoms with van der Waals surface area (Å²) in [6.45, 7) is 1.81. The summed E-state index contributed by atoms with van der Waals surface area (Å²) in [5.74, 6) is 0. The van der Waals surface area contributed by atoms with Gasteiger partial charge in [0.1, 0.15) is 0 Å². The molecule has 88 valence electrons. The number of anilines is 2. The Balaban J connectivity index is 2.04. The molecule has 16 heavy (non-hydrogen) atoms. The lowest BCUT2D eigenvalue weighted by Crippen LogP contribution is -2.29. The van der Waals surface area contributed by atoms with Crippen LogP contribution in [0.4, 0.5) is 11.4 Å². The number of likely N-dealkylation sites (N-methyl/N-ethyl adjacent to an activating group) is 1. The van der Waals surface area contributed by atoms with Crippen molar-refractivity contribution in [2.45, 2.75) is 18.9 Å². The normalized spacial score (nSPS) is 20.0. The highest BCUT2D eigenvalue weighted by Gasteiger charge is 2.18. The molecule has 0 aromatic heterocycles. The van der Waals surface area contributed by atoms with Gasteiger partial charge in [-0.3, -0.25) is 0 Å². The molecule has 1 aromatic rings. The summed E-state index contributed by atoms with van der Waals surface area (Å²) in [5.41, 5.74) is 7.85. The van der Waals surface area contributed by atoms with Crippen molar-refractivity contribution in [1.82, 2.24) is 0 Å². The average Bonchev–Trinajstić information content (AvgIpc) is 2.70. The Labute approximate surface area is 105 Å². The van der Waals surface area contributed by atoms with E-state index in [9.17, 15) is 0 Å². The number of nitrogens with two attached hydrogens (primary N) is 1. The van der Waals surface area contributed by atoms with Crippen molar-refractivity contribution in [2.75, 3.05) is 30.8 Å². The highest BCUT2D eigenvalue weighted by atomic mass is 79.9. The second-order valence-corrected chi connectivity index (χ2v) is 5.13. The molecule has 1 heterocycles. The molecule has 1 fully saturated rings. The highest BCUT2D eigenvalue weighted by molar-refractivity contribution is 9.10. The van der Waals surface area contributed by atoms with Crippen LogP contribution in [0.15, 0.2) is 22.7 Å². The standard InChI is InChI=1S/C12H17BrN2O/c1-15(8-10-3-2-6-16-10)12-5-4-9(13)7-11(12)14/h4-5,7,10H,2-3,6,8,14H2,1H3. The van der Waals surface area contributed by atoms with Gasteiger partial charge in [-0.05, 0) is 31.0 Å². The van der Waals surface area contributed by atoms with Crippen LogP contribution in [0.3, 0.4) is 0 Å². The number of rotatable bonds is 3. The Kier molecular flexibility index (Phi) is 3.71. The van der Waals surface area contributed by atoms with Crippen LogP contribution in [-0.4, -0.2) is 26.3 Å². The van der Waals surface area contributed by atoms with E-state index in [1.807, 2.05) is 18.2 Å². The number of nitrogens with zero attached hydrogens (tertiary/aromatic N) is 1. The van der Waals surface area contributed by atoms with Crippen LogP contribution in [0, 0.1) is 0 Å². The van der Waals surface area contributed by atoms with E-state index in [-0.39, 0.29) is 0 Å². The minimum absolute atomic E-state index is 0.355. The van der Waals surface area contributed by atoms with E-state index in [0.717, 1.165) is 35.4 Å². The van der Waals surface area contributed by atoms with E-state index in [2.05, 4.69) is 27.9 Å². The number of ether oxygens (including phenoxy) is 1. The molecular formula is C12H17BrN2O. The van der Waals surface area contributed by atoms with Crippen molar-refractivity contribution < 1.29 is 4.74 Å². The van der Waals surface area contributed by atoms with E-state index in [1.165, 1.54) is 6.42 Å². The second kappa shape index (κ2) is 5.06. The molecule has 3 nitrogen and oxygen atoms in total. The Bertz CT molecular complexity index is 364. The van der Waals surface area contributed by atoms with Gasteiger partial charge in [-0.15, -0.1) is 0 Å². The maximum absolute atomic E-state index is 5.98. The largest absolute Gasteiger partial charge is 0.397 e. The first-order chi connectivity index (χ1) is 7.66. The predicted molar refractivity (Wildman–Crippen MR) is 70.8 cm³/mol. The summed E-state index contributed by atoms with van der Waals surface area (Å²) in [7, 11) is 2.06. The SMILES string of the molecule is CN(CC1CCCO1)c1ccc(Br)cc1N. The Morgan fingerprint density at radius 1 is 1.56 bits per heavy atom. The van der Waals surface area contributed by atoms with Crippen LogP contribution in [0.25, 0.3) is 0 Å². The molecule has 0 amide bonds. The van der Waals surface area contributed by atoms with Gasteiger partial charge in [-0.1, -0.05) is 15.9 Å². The Morgan fingerprint density at radius 3 is 3.00 bits per heavy atom. The summed E-state index contributed by atoms with van der Waals surface area (Å²) in [6.07, 6.45) is 2.68. The van der Waals surface area contributed by atoms with Gasteiger partial charge >= 0.3 is 0 Å². The van der Waals surface area contributed by atoms with Crippen molar-refractivity contribution in [3.05, 3.63) is 22.7 Å². The summed E-state index contributed by atoms with van der Waals surface area (Å²) in [5, 5.41) is 0. The first-order valence-corrected chi connectivity index (χ1v) is 6.34. The topological polar surface area (TPSA) is 38.5 Å². The molecule has 0 radical (unpaired) electrons. The molecule has 0 aliphatic carbocycles. The van der Waals surface area contributed by atoms with Crippen LogP contribution in [0.2, 0.25) is 0 Å². The molecule has 1 aromatic carbocycles. The minimum atomic E-state index is 0.355. The number of hydrogen-bond donors (Lipinski definition) is 1. The summed E-state index contributed by atoms with van der Waals surface area (Å²) in [6, 6.07) is 5.98. The zero-order valence-electron chi connectivity index (χ0n) is 9.45. The molecule has 2 rings (SSSR count). The maximum Gasteiger partial charge on any atom is 0.0750 e. The third-order valence-corrected chi connectivity index (χ3v) is 3.40. The zero-order valence-corrected chi connectivity index (χ0v) is 11.0. The van der Waals surface area contributed by atoms with Gasteiger partial charge in [-0.25, -0.2) is 0 Å². The highest BCUT2D eigenvalue weighted by Crippen LogP contribution is 2.27. The lowest BCUT2D eigenvalue weighted by molar-refractivity contribution is 0.116. The van der Waals surface area contributed by atoms with Crippen molar-refractivity contribution >= 4 is 27.3 Å². The lowest BCUT2D eigenvalue weighted by Gasteiger charge is -2.24. The summed E-state index contributed by atoms with van der Waals surface area (Å²) < 4.78 is 6.63. The van der Waals surface area contributed by atoms with Gasteiger partial charge < -0.3 is 15.4 Å². The smallest absolute Gasteiger partial charge is 0.0750 e. The molecule has 2 N–H and O–H groups in total. The number of hydrogen-bond acceptors (Lipinski definition) is 3. The Morgan fingerprint density at radius 2 is 2.38 bits per heavy atom. The van der Waals surface area contributed by atoms with E-state index >= 15 is 0 Å². The third kappa shape index (κ3) is 2.68. The molecule has 4 heteroatoms. The monoisotopic (exact) mass is 284 g/mol. The molecule has 0 bridgehead atoms. The molecule has 1 unspecified atom stereocenters. The van der Waals surface area contributed by atoms with Crippen molar-refractivity contribution in [1.29, 1.82) is 0 Å². The van der Waals surface area contributed by atoms with Crippen LogP contribution >= 0.6 is 15.9 Å². The van der Waals surface area contributed by atoms with Crippen LogP contribution in [0.1, 0.15) is 12.8 Å². The van der Waals surface area contributed by atoms with Gasteiger partial charge in [0.15, 0.2) is 0 Å². The fourth-order valence-electron chi connectivity index (χ4n) is 2.07. The Hall–Kier alpha value is -0.740. The van der Waals surface area contributed by atoms with Crippen molar-refractivity contribution in [3.63, 3.8) is 0 Å². The predicted octanol–water partition coefficient (Wildman–Crippen LogP) is 2.65. The summed E-state index contributed by atoms with van der Waals surface area (Å²) in [4.78, 5) is 2.16. The van der Waals surface area contributed by atoms with Gasteiger partial charge in [-0.2, -0.15) is 0 Å². The average molecular weight is 285 g/mol. The molecule has 1 atom stereocenters. The van der Waals surface area contributed by atoms with Crippen LogP contribution in [-0.2, 0) is 4.74 Å². The second-order valence-electron chi connectivity index (χ2n) is 4.22. The molecule has 1 saturated heterocycles. The zero-order chi connectivity index (χ0) is 11.5. The fraction of sp³-hybridized carbons (Fsp3) is 0.500. The molecule has 1 aliphatic rings. The van der Waals surface area contributed by atoms with Gasteiger partial charge in [0.2, 0.25) is 0 Å². The minimum Gasteiger partial charge on any atom is -0.397 e. The maximum atomic E-state index is 5.98. The van der Waals surface area contributed by atoms with Crippen LogP contribution in [0.5, 0.6) is 0 Å². The first kappa shape index (κ1) is 11.7. The molecule has 1 aliphatic heterocycles. The van der Waals surface area contributed by atoms with E-state index in [1.54, 1.807) is 0 Å².